The van der Waals surface area contributed by atoms with E-state index in [1.165, 1.54) is 11.1 Å². The molecule has 2 N–H and O–H groups in total. The zero-order valence-electron chi connectivity index (χ0n) is 18.8. The third-order valence-electron chi connectivity index (χ3n) is 5.77. The minimum absolute atomic E-state index is 0.0753. The van der Waals surface area contributed by atoms with Crippen molar-refractivity contribution >= 4 is 11.8 Å². The number of benzene rings is 2. The molecule has 1 atom stereocenters. The maximum atomic E-state index is 12.5. The predicted molar refractivity (Wildman–Crippen MR) is 129 cm³/mol. The number of fused-ring (bicyclic) bond motifs is 1. The fraction of sp³-hybridized carbons (Fsp3) is 0.308. The van der Waals surface area contributed by atoms with E-state index in [2.05, 4.69) is 49.7 Å². The lowest BCUT2D eigenvalue weighted by atomic mass is 10.00. The molecule has 1 aromatic heterocycles. The number of anilines is 1. The molecule has 0 aliphatic carbocycles. The first-order valence-corrected chi connectivity index (χ1v) is 11.1. The third-order valence-corrected chi connectivity index (χ3v) is 5.77. The number of rotatable bonds is 7. The molecule has 1 unspecified atom stereocenters. The lowest BCUT2D eigenvalue weighted by Crippen LogP contribution is -2.41. The Hall–Kier alpha value is -3.38. The third kappa shape index (κ3) is 5.65. The van der Waals surface area contributed by atoms with Gasteiger partial charge in [-0.05, 0) is 48.8 Å². The highest BCUT2D eigenvalue weighted by molar-refractivity contribution is 5.74. The molecule has 2 heterocycles. The maximum Gasteiger partial charge on any atom is 0.315 e. The van der Waals surface area contributed by atoms with Crippen LogP contribution in [0.15, 0.2) is 72.9 Å². The molecule has 0 bridgehead atoms. The average Bonchev–Trinajstić information content (AvgIpc) is 2.82. The monoisotopic (exact) mass is 429 g/mol. The Morgan fingerprint density at radius 1 is 1.03 bits per heavy atom. The van der Waals surface area contributed by atoms with Gasteiger partial charge >= 0.3 is 6.03 Å². The van der Waals surface area contributed by atoms with Gasteiger partial charge in [0.15, 0.2) is 0 Å². The number of nitrogens with one attached hydrogen (secondary N) is 2. The number of aromatic nitrogens is 1. The van der Waals surface area contributed by atoms with E-state index in [9.17, 15) is 4.79 Å². The van der Waals surface area contributed by atoms with Crippen LogP contribution in [-0.4, -0.2) is 43.1 Å². The van der Waals surface area contributed by atoms with Gasteiger partial charge in [-0.1, -0.05) is 60.7 Å². The second-order valence-electron chi connectivity index (χ2n) is 8.52. The summed E-state index contributed by atoms with van der Waals surface area (Å²) in [6, 6.07) is 22.5. The standard InChI is InChI=1S/C26H31N5O/c1-30(2)19-24(22-9-4-3-5-10-22)29-26(32)28-17-20-12-13-25(27-16-20)31-15-14-21-8-6-7-11-23(21)18-31/h3-13,16,24H,14-15,17-19H2,1-2H3,(H2,28,29,32). The van der Waals surface area contributed by atoms with E-state index in [1.54, 1.807) is 0 Å². The van der Waals surface area contributed by atoms with Gasteiger partial charge in [-0.25, -0.2) is 9.78 Å². The van der Waals surface area contributed by atoms with Crippen molar-refractivity contribution in [1.29, 1.82) is 0 Å². The zero-order valence-corrected chi connectivity index (χ0v) is 18.8. The van der Waals surface area contributed by atoms with E-state index >= 15 is 0 Å². The zero-order chi connectivity index (χ0) is 22.3. The summed E-state index contributed by atoms with van der Waals surface area (Å²) < 4.78 is 0. The van der Waals surface area contributed by atoms with Crippen LogP contribution in [-0.2, 0) is 19.5 Å². The second-order valence-corrected chi connectivity index (χ2v) is 8.52. The molecule has 1 aliphatic heterocycles. The Balaban J connectivity index is 1.31. The normalized spacial score (nSPS) is 14.0. The van der Waals surface area contributed by atoms with E-state index in [0.29, 0.717) is 6.54 Å². The number of amides is 2. The fourth-order valence-electron chi connectivity index (χ4n) is 4.08. The molecule has 0 saturated heterocycles. The lowest BCUT2D eigenvalue weighted by Gasteiger charge is -2.29. The first kappa shape index (κ1) is 21.8. The molecule has 0 spiro atoms. The van der Waals surface area contributed by atoms with E-state index in [-0.39, 0.29) is 12.1 Å². The molecule has 166 valence electrons. The van der Waals surface area contributed by atoms with Crippen LogP contribution in [0.4, 0.5) is 10.6 Å². The van der Waals surface area contributed by atoms with Gasteiger partial charge in [0.1, 0.15) is 5.82 Å². The van der Waals surface area contributed by atoms with Crippen LogP contribution in [0.5, 0.6) is 0 Å². The minimum atomic E-state index is -0.183. The largest absolute Gasteiger partial charge is 0.352 e. The molecular formula is C26H31N5O. The SMILES string of the molecule is CN(C)CC(NC(=O)NCc1ccc(N2CCc3ccccc3C2)nc1)c1ccccc1. The van der Waals surface area contributed by atoms with Crippen LogP contribution in [0.25, 0.3) is 0 Å². The van der Waals surface area contributed by atoms with Crippen LogP contribution in [0.1, 0.15) is 28.3 Å². The molecule has 0 saturated carbocycles. The summed E-state index contributed by atoms with van der Waals surface area (Å²) in [6.45, 7) is 3.02. The number of likely N-dealkylation sites (N-methyl/N-ethyl adjacent to an activating group) is 1. The van der Waals surface area contributed by atoms with Crippen molar-refractivity contribution in [3.63, 3.8) is 0 Å². The van der Waals surface area contributed by atoms with Gasteiger partial charge in [0.25, 0.3) is 0 Å². The van der Waals surface area contributed by atoms with Crippen LogP contribution in [0.3, 0.4) is 0 Å². The molecule has 0 fully saturated rings. The summed E-state index contributed by atoms with van der Waals surface area (Å²) in [4.78, 5) is 21.6. The molecule has 6 heteroatoms. The van der Waals surface area contributed by atoms with E-state index in [0.717, 1.165) is 43.0 Å². The van der Waals surface area contributed by atoms with Gasteiger partial charge in [0.05, 0.1) is 6.04 Å². The highest BCUT2D eigenvalue weighted by Gasteiger charge is 2.17. The number of nitrogens with zero attached hydrogens (tertiary/aromatic N) is 3. The van der Waals surface area contributed by atoms with Gasteiger partial charge in [-0.3, -0.25) is 0 Å². The van der Waals surface area contributed by atoms with Crippen molar-refractivity contribution in [3.05, 3.63) is 95.2 Å². The second kappa shape index (κ2) is 10.3. The Morgan fingerprint density at radius 3 is 2.50 bits per heavy atom. The molecule has 0 radical (unpaired) electrons. The van der Waals surface area contributed by atoms with Crippen molar-refractivity contribution in [1.82, 2.24) is 20.5 Å². The predicted octanol–water partition coefficient (Wildman–Crippen LogP) is 3.75. The Morgan fingerprint density at radius 2 is 1.78 bits per heavy atom. The highest BCUT2D eigenvalue weighted by atomic mass is 16.2. The number of carbonyl (C=O) groups excluding carboxylic acids is 1. The number of carbonyl (C=O) groups is 1. The molecule has 6 nitrogen and oxygen atoms in total. The summed E-state index contributed by atoms with van der Waals surface area (Å²) >= 11 is 0. The summed E-state index contributed by atoms with van der Waals surface area (Å²) in [5.74, 6) is 0.975. The summed E-state index contributed by atoms with van der Waals surface area (Å²) in [5, 5.41) is 6.05. The van der Waals surface area contributed by atoms with Crippen molar-refractivity contribution in [2.45, 2.75) is 25.6 Å². The van der Waals surface area contributed by atoms with Crippen molar-refractivity contribution < 1.29 is 4.79 Å². The molecule has 3 aromatic rings. The van der Waals surface area contributed by atoms with E-state index in [4.69, 9.17) is 0 Å². The van der Waals surface area contributed by atoms with Gasteiger partial charge in [0, 0.05) is 32.4 Å². The molecule has 2 amide bonds. The van der Waals surface area contributed by atoms with Crippen LogP contribution in [0.2, 0.25) is 0 Å². The number of urea groups is 1. The van der Waals surface area contributed by atoms with Crippen LogP contribution < -0.4 is 15.5 Å². The summed E-state index contributed by atoms with van der Waals surface area (Å²) in [6.07, 6.45) is 2.89. The number of hydrogen-bond acceptors (Lipinski definition) is 4. The van der Waals surface area contributed by atoms with Crippen molar-refractivity contribution in [2.75, 3.05) is 32.1 Å². The van der Waals surface area contributed by atoms with Crippen molar-refractivity contribution in [2.24, 2.45) is 0 Å². The maximum absolute atomic E-state index is 12.5. The number of hydrogen-bond donors (Lipinski definition) is 2. The van der Waals surface area contributed by atoms with Gasteiger partial charge in [-0.15, -0.1) is 0 Å². The Bertz CT molecular complexity index is 1020. The number of pyridine rings is 1. The molecule has 2 aromatic carbocycles. The van der Waals surface area contributed by atoms with Gasteiger partial charge in [-0.2, -0.15) is 0 Å². The quantitative estimate of drug-likeness (QED) is 0.601. The topological polar surface area (TPSA) is 60.5 Å². The summed E-state index contributed by atoms with van der Waals surface area (Å²) in [7, 11) is 4.01. The molecule has 4 rings (SSSR count). The van der Waals surface area contributed by atoms with E-state index < -0.39 is 0 Å². The van der Waals surface area contributed by atoms with Gasteiger partial charge < -0.3 is 20.4 Å². The molecule has 1 aliphatic rings. The minimum Gasteiger partial charge on any atom is -0.352 e. The van der Waals surface area contributed by atoms with Crippen molar-refractivity contribution in [3.8, 4) is 0 Å². The highest BCUT2D eigenvalue weighted by Crippen LogP contribution is 2.23. The average molecular weight is 430 g/mol. The fourth-order valence-corrected chi connectivity index (χ4v) is 4.08. The van der Waals surface area contributed by atoms with Crippen LogP contribution in [0, 0.1) is 0 Å². The Kier molecular flexibility index (Phi) is 7.02. The molecular weight excluding hydrogens is 398 g/mol. The summed E-state index contributed by atoms with van der Waals surface area (Å²) in [5.41, 5.74) is 4.86. The Labute approximate surface area is 190 Å². The first-order valence-electron chi connectivity index (χ1n) is 11.1. The smallest absolute Gasteiger partial charge is 0.315 e. The van der Waals surface area contributed by atoms with Crippen LogP contribution >= 0.6 is 0 Å². The molecule has 32 heavy (non-hydrogen) atoms. The first-order chi connectivity index (χ1) is 15.6. The van der Waals surface area contributed by atoms with Gasteiger partial charge in [0.2, 0.25) is 0 Å². The van der Waals surface area contributed by atoms with E-state index in [1.807, 2.05) is 62.8 Å². The lowest BCUT2D eigenvalue weighted by molar-refractivity contribution is 0.232.